The molecule has 7 nitrogen and oxygen atoms in total. The van der Waals surface area contributed by atoms with Gasteiger partial charge in [-0.2, -0.15) is 0 Å². The average molecular weight is 504 g/mol. The number of carboxylic acid groups (broad SMARTS) is 1. The first-order valence-electron chi connectivity index (χ1n) is 13.1. The van der Waals surface area contributed by atoms with Crippen LogP contribution in [0.5, 0.6) is 0 Å². The number of carbonyl (C=O) groups is 2. The number of aliphatic carboxylic acids is 1. The van der Waals surface area contributed by atoms with E-state index < -0.39 is 5.97 Å². The van der Waals surface area contributed by atoms with E-state index in [4.69, 9.17) is 4.74 Å². The maximum absolute atomic E-state index is 14.7. The SMILES string of the molecule is C[C@@]1(CC(=O)O)C[C@@H]2C3[C@@H]1C32NC(=O)c1ccc(F)c2ccn(Cc3ccc(N4CCOCC4)cc3)c12. The first-order valence-corrected chi connectivity index (χ1v) is 13.1. The van der Waals surface area contributed by atoms with Crippen LogP contribution in [0.4, 0.5) is 10.1 Å². The van der Waals surface area contributed by atoms with Gasteiger partial charge < -0.3 is 24.6 Å². The number of aromatic nitrogens is 1. The molecule has 37 heavy (non-hydrogen) atoms. The number of amides is 1. The second kappa shape index (κ2) is 7.81. The van der Waals surface area contributed by atoms with Gasteiger partial charge in [0.15, 0.2) is 0 Å². The second-order valence-corrected chi connectivity index (χ2v) is 11.5. The first-order chi connectivity index (χ1) is 17.8. The predicted octanol–water partition coefficient (Wildman–Crippen LogP) is 3.89. The van der Waals surface area contributed by atoms with Crippen LogP contribution < -0.4 is 10.2 Å². The number of fused-ring (bicyclic) bond motifs is 2. The van der Waals surface area contributed by atoms with E-state index in [1.165, 1.54) is 6.07 Å². The zero-order valence-electron chi connectivity index (χ0n) is 20.7. The van der Waals surface area contributed by atoms with Gasteiger partial charge in [0.05, 0.1) is 36.3 Å². The highest BCUT2D eigenvalue weighted by Crippen LogP contribution is 2.90. The normalized spacial score (nSPS) is 31.3. The molecule has 1 saturated heterocycles. The molecule has 2 N–H and O–H groups in total. The minimum Gasteiger partial charge on any atom is -0.481 e. The van der Waals surface area contributed by atoms with Gasteiger partial charge in [-0.15, -0.1) is 0 Å². The third-order valence-electron chi connectivity index (χ3n) is 9.36. The smallest absolute Gasteiger partial charge is 0.303 e. The Morgan fingerprint density at radius 3 is 2.59 bits per heavy atom. The number of nitrogens with zero attached hydrogens (tertiary/aromatic N) is 2. The molecule has 4 saturated carbocycles. The van der Waals surface area contributed by atoms with Gasteiger partial charge in [0.25, 0.3) is 5.91 Å². The van der Waals surface area contributed by atoms with Crippen molar-refractivity contribution in [2.24, 2.45) is 23.2 Å². The summed E-state index contributed by atoms with van der Waals surface area (Å²) >= 11 is 0. The molecule has 192 valence electrons. The van der Waals surface area contributed by atoms with Crippen LogP contribution in [0.25, 0.3) is 10.9 Å². The fraction of sp³-hybridized carbons (Fsp3) is 0.448. The van der Waals surface area contributed by atoms with Crippen molar-refractivity contribution >= 4 is 28.5 Å². The molecule has 2 aromatic carbocycles. The average Bonchev–Trinajstić information content (AvgIpc) is 3.49. The minimum atomic E-state index is -0.785. The predicted molar refractivity (Wildman–Crippen MR) is 136 cm³/mol. The molecule has 2 heterocycles. The molecule has 1 aromatic heterocycles. The van der Waals surface area contributed by atoms with E-state index >= 15 is 0 Å². The van der Waals surface area contributed by atoms with Crippen LogP contribution in [0.3, 0.4) is 0 Å². The van der Waals surface area contributed by atoms with E-state index in [-0.39, 0.29) is 35.0 Å². The molecule has 8 rings (SSSR count). The molecule has 2 unspecified atom stereocenters. The Kier molecular flexibility index (Phi) is 4.81. The van der Waals surface area contributed by atoms with E-state index in [9.17, 15) is 19.1 Å². The molecule has 5 fully saturated rings. The number of hydrogen-bond donors (Lipinski definition) is 2. The summed E-state index contributed by atoms with van der Waals surface area (Å²) in [6.45, 7) is 5.76. The summed E-state index contributed by atoms with van der Waals surface area (Å²) in [5, 5.41) is 13.0. The molecule has 0 spiro atoms. The molecule has 0 radical (unpaired) electrons. The number of carboxylic acids is 1. The largest absolute Gasteiger partial charge is 0.481 e. The number of halogens is 1. The lowest BCUT2D eigenvalue weighted by atomic mass is 9.83. The zero-order chi connectivity index (χ0) is 25.5. The van der Waals surface area contributed by atoms with Crippen molar-refractivity contribution in [1.82, 2.24) is 9.88 Å². The Labute approximate surface area is 214 Å². The fourth-order valence-corrected chi connectivity index (χ4v) is 7.71. The van der Waals surface area contributed by atoms with Crippen LogP contribution in [-0.4, -0.2) is 53.4 Å². The van der Waals surface area contributed by atoms with Crippen molar-refractivity contribution in [2.45, 2.75) is 31.8 Å². The Bertz CT molecular complexity index is 1420. The number of carbonyl (C=O) groups excluding carboxylic acids is 1. The van der Waals surface area contributed by atoms with Crippen LogP contribution in [0, 0.1) is 29.0 Å². The highest BCUT2D eigenvalue weighted by molar-refractivity contribution is 6.07. The number of hydrogen-bond acceptors (Lipinski definition) is 4. The van der Waals surface area contributed by atoms with Crippen LogP contribution in [-0.2, 0) is 16.1 Å². The van der Waals surface area contributed by atoms with E-state index in [2.05, 4.69) is 34.5 Å². The monoisotopic (exact) mass is 503 g/mol. The van der Waals surface area contributed by atoms with Gasteiger partial charge in [-0.05, 0) is 65.5 Å². The molecular formula is C29H30FN3O4. The number of morpholine rings is 1. The van der Waals surface area contributed by atoms with Crippen LogP contribution in [0.2, 0.25) is 0 Å². The van der Waals surface area contributed by atoms with Crippen molar-refractivity contribution < 1.29 is 23.8 Å². The molecular weight excluding hydrogens is 473 g/mol. The lowest BCUT2D eigenvalue weighted by molar-refractivity contribution is -0.139. The summed E-state index contributed by atoms with van der Waals surface area (Å²) in [5.41, 5.74) is 2.73. The quantitative estimate of drug-likeness (QED) is 0.511. The van der Waals surface area contributed by atoms with Crippen molar-refractivity contribution in [2.75, 3.05) is 31.2 Å². The first kappa shape index (κ1) is 22.8. The number of ether oxygens (including phenoxy) is 1. The Morgan fingerprint density at radius 1 is 1.14 bits per heavy atom. The molecule has 4 aliphatic carbocycles. The standard InChI is InChI=1S/C29H30FN3O4/c1-28(15-23(34)35)14-21-24-26(28)29(21,24)31-27(36)20-6-7-22(30)19-8-9-33(25(19)20)16-17-2-4-18(5-3-17)32-10-12-37-13-11-32/h2-9,21,24,26H,10-16H2,1H3,(H,31,36)(H,34,35)/t21-,24?,26+,28+,29?/m1/s1. The topological polar surface area (TPSA) is 83.8 Å². The van der Waals surface area contributed by atoms with Gasteiger partial charge >= 0.3 is 5.97 Å². The number of anilines is 1. The van der Waals surface area contributed by atoms with E-state index in [1.807, 2.05) is 17.7 Å². The van der Waals surface area contributed by atoms with Crippen molar-refractivity contribution in [1.29, 1.82) is 0 Å². The van der Waals surface area contributed by atoms with Gasteiger partial charge in [-0.3, -0.25) is 9.59 Å². The maximum Gasteiger partial charge on any atom is 0.303 e. The number of benzene rings is 2. The summed E-state index contributed by atoms with van der Waals surface area (Å²) < 4.78 is 22.1. The molecule has 3 aromatic rings. The molecule has 1 amide bonds. The summed E-state index contributed by atoms with van der Waals surface area (Å²) in [4.78, 5) is 27.2. The van der Waals surface area contributed by atoms with Gasteiger partial charge in [0, 0.05) is 36.9 Å². The van der Waals surface area contributed by atoms with Crippen molar-refractivity contribution in [3.63, 3.8) is 0 Å². The van der Waals surface area contributed by atoms with E-state index in [0.29, 0.717) is 34.8 Å². The van der Waals surface area contributed by atoms with Crippen LogP contribution in [0.15, 0.2) is 48.7 Å². The van der Waals surface area contributed by atoms with Crippen LogP contribution in [0.1, 0.15) is 35.7 Å². The number of nitrogens with one attached hydrogen (secondary N) is 1. The highest BCUT2D eigenvalue weighted by atomic mass is 19.1. The summed E-state index contributed by atoms with van der Waals surface area (Å²) in [5.74, 6) is -0.380. The van der Waals surface area contributed by atoms with Gasteiger partial charge in [-0.1, -0.05) is 19.1 Å². The van der Waals surface area contributed by atoms with Gasteiger partial charge in [0.1, 0.15) is 5.82 Å². The zero-order valence-corrected chi connectivity index (χ0v) is 20.7. The Hall–Kier alpha value is -3.39. The molecule has 8 heteroatoms. The molecule has 1 aliphatic heterocycles. The maximum atomic E-state index is 14.7. The summed E-state index contributed by atoms with van der Waals surface area (Å²) in [6, 6.07) is 13.0. The lowest BCUT2D eigenvalue weighted by Gasteiger charge is -2.29. The molecule has 5 atom stereocenters. The molecule has 5 aliphatic rings. The Morgan fingerprint density at radius 2 is 1.89 bits per heavy atom. The number of rotatable bonds is 7. The van der Waals surface area contributed by atoms with Crippen molar-refractivity contribution in [3.05, 3.63) is 65.6 Å². The van der Waals surface area contributed by atoms with E-state index in [1.54, 1.807) is 12.1 Å². The fourth-order valence-electron chi connectivity index (χ4n) is 7.71. The van der Waals surface area contributed by atoms with Gasteiger partial charge in [-0.25, -0.2) is 4.39 Å². The third-order valence-corrected chi connectivity index (χ3v) is 9.36. The van der Waals surface area contributed by atoms with E-state index in [0.717, 1.165) is 44.0 Å². The Balaban J connectivity index is 1.13. The molecule has 2 bridgehead atoms. The summed E-state index contributed by atoms with van der Waals surface area (Å²) in [7, 11) is 0. The second-order valence-electron chi connectivity index (χ2n) is 11.5. The lowest BCUT2D eigenvalue weighted by Crippen LogP contribution is -2.36. The third kappa shape index (κ3) is 3.34. The summed E-state index contributed by atoms with van der Waals surface area (Å²) in [6.07, 6.45) is 2.81. The minimum absolute atomic E-state index is 0.135. The van der Waals surface area contributed by atoms with Gasteiger partial charge in [0.2, 0.25) is 0 Å². The van der Waals surface area contributed by atoms with Crippen molar-refractivity contribution in [3.8, 4) is 0 Å². The highest BCUT2D eigenvalue weighted by Gasteiger charge is 2.95. The van der Waals surface area contributed by atoms with Crippen LogP contribution >= 0.6 is 0 Å².